The summed E-state index contributed by atoms with van der Waals surface area (Å²) in [5, 5.41) is 20.2. The molecule has 3 N–H and O–H groups in total. The number of ketones is 1. The molecule has 8 nitrogen and oxygen atoms in total. The van der Waals surface area contributed by atoms with E-state index in [0.717, 1.165) is 6.92 Å². The van der Waals surface area contributed by atoms with Gasteiger partial charge in [-0.05, 0) is 6.92 Å². The van der Waals surface area contributed by atoms with Gasteiger partial charge >= 0.3 is 17.9 Å². The molecule has 3 amide bonds. The number of nitrogens with one attached hydrogen (secondary N) is 1. The van der Waals surface area contributed by atoms with Crippen LogP contribution in [0.15, 0.2) is 0 Å². The van der Waals surface area contributed by atoms with Crippen molar-refractivity contribution in [1.82, 2.24) is 10.2 Å². The highest BCUT2D eigenvalue weighted by molar-refractivity contribution is 6.14. The first kappa shape index (κ1) is 20.6. The van der Waals surface area contributed by atoms with Gasteiger partial charge in [0.15, 0.2) is 11.9 Å². The molecule has 0 radical (unpaired) electrons. The maximum Gasteiger partial charge on any atom is 0.361 e. The molecule has 0 saturated carbocycles. The SMILES string of the molecule is CC(C)(C)C(=O)C1(C)CN([C@]2(F)O[C@H](CO)[C@@H](O)C2(F)F)C(=O)NC1=O. The van der Waals surface area contributed by atoms with Crippen molar-refractivity contribution in [3.63, 3.8) is 0 Å². The van der Waals surface area contributed by atoms with E-state index in [2.05, 4.69) is 4.74 Å². The van der Waals surface area contributed by atoms with E-state index in [1.165, 1.54) is 20.8 Å². The fraction of sp³-hybridized carbons (Fsp3) is 0.800. The van der Waals surface area contributed by atoms with Crippen LogP contribution in [0.1, 0.15) is 27.7 Å². The number of alkyl halides is 3. The van der Waals surface area contributed by atoms with Gasteiger partial charge in [-0.15, -0.1) is 0 Å². The highest BCUT2D eigenvalue weighted by Crippen LogP contribution is 2.49. The first-order chi connectivity index (χ1) is 11.6. The zero-order valence-electron chi connectivity index (χ0n) is 14.7. The van der Waals surface area contributed by atoms with Gasteiger partial charge < -0.3 is 14.9 Å². The van der Waals surface area contributed by atoms with E-state index in [4.69, 9.17) is 5.11 Å². The zero-order chi connectivity index (χ0) is 20.3. The largest absolute Gasteiger partial charge is 0.394 e. The molecule has 4 atom stereocenters. The third-order valence-corrected chi connectivity index (χ3v) is 4.59. The van der Waals surface area contributed by atoms with E-state index in [-0.39, 0.29) is 4.90 Å². The first-order valence-electron chi connectivity index (χ1n) is 7.84. The molecule has 0 spiro atoms. The lowest BCUT2D eigenvalue weighted by Crippen LogP contribution is -2.71. The van der Waals surface area contributed by atoms with Crippen LogP contribution in [0.2, 0.25) is 0 Å². The lowest BCUT2D eigenvalue weighted by atomic mass is 9.71. The van der Waals surface area contributed by atoms with Crippen LogP contribution in [0.3, 0.4) is 0 Å². The lowest BCUT2D eigenvalue weighted by molar-refractivity contribution is -0.307. The molecule has 2 heterocycles. The normalized spacial score (nSPS) is 37.7. The second kappa shape index (κ2) is 5.89. The van der Waals surface area contributed by atoms with Crippen LogP contribution in [0.5, 0.6) is 0 Å². The summed E-state index contributed by atoms with van der Waals surface area (Å²) < 4.78 is 48.2. The molecule has 2 saturated heterocycles. The Kier molecular flexibility index (Phi) is 4.67. The summed E-state index contributed by atoms with van der Waals surface area (Å²) in [7, 11) is 0. The summed E-state index contributed by atoms with van der Waals surface area (Å²) in [4.78, 5) is 36.7. The number of hydrogen-bond donors (Lipinski definition) is 3. The van der Waals surface area contributed by atoms with Crippen molar-refractivity contribution in [2.24, 2.45) is 10.8 Å². The van der Waals surface area contributed by atoms with Gasteiger partial charge in [0.1, 0.15) is 11.5 Å². The summed E-state index contributed by atoms with van der Waals surface area (Å²) in [5.41, 5.74) is -3.11. The Labute approximate surface area is 147 Å². The molecule has 0 aliphatic carbocycles. The summed E-state index contributed by atoms with van der Waals surface area (Å²) in [6, 6.07) is -1.54. The smallest absolute Gasteiger partial charge is 0.361 e. The van der Waals surface area contributed by atoms with Crippen molar-refractivity contribution in [2.45, 2.75) is 51.8 Å². The lowest BCUT2D eigenvalue weighted by Gasteiger charge is -2.45. The Morgan fingerprint density at radius 2 is 1.88 bits per heavy atom. The van der Waals surface area contributed by atoms with Crippen LogP contribution in [-0.4, -0.2) is 70.1 Å². The van der Waals surface area contributed by atoms with E-state index in [9.17, 15) is 28.3 Å². The average Bonchev–Trinajstić information content (AvgIpc) is 2.70. The Bertz CT molecular complexity index is 652. The van der Waals surface area contributed by atoms with Gasteiger partial charge in [-0.1, -0.05) is 20.8 Å². The van der Waals surface area contributed by atoms with Gasteiger partial charge in [-0.3, -0.25) is 19.8 Å². The zero-order valence-corrected chi connectivity index (χ0v) is 14.7. The number of aliphatic hydroxyl groups excluding tert-OH is 2. The first-order valence-corrected chi connectivity index (χ1v) is 7.84. The molecule has 2 fully saturated rings. The minimum atomic E-state index is -4.61. The molecule has 11 heteroatoms. The Hall–Kier alpha value is -1.72. The van der Waals surface area contributed by atoms with E-state index in [1.807, 2.05) is 0 Å². The van der Waals surface area contributed by atoms with Gasteiger partial charge in [-0.25, -0.2) is 4.79 Å². The number of carbonyl (C=O) groups is 3. The average molecular weight is 382 g/mol. The molecule has 148 valence electrons. The molecule has 1 unspecified atom stereocenters. The minimum Gasteiger partial charge on any atom is -0.394 e. The van der Waals surface area contributed by atoms with Crippen LogP contribution in [0.4, 0.5) is 18.0 Å². The number of nitrogens with zero attached hydrogens (tertiary/aromatic N) is 1. The topological polar surface area (TPSA) is 116 Å². The summed E-state index contributed by atoms with van der Waals surface area (Å²) in [6.07, 6.45) is -4.72. The number of carbonyl (C=O) groups excluding carboxylic acids is 3. The van der Waals surface area contributed by atoms with Crippen molar-refractivity contribution in [1.29, 1.82) is 0 Å². The number of rotatable bonds is 3. The van der Waals surface area contributed by atoms with Gasteiger partial charge in [0.25, 0.3) is 0 Å². The molecule has 2 rings (SSSR count). The standard InChI is InChI=1S/C15H21F3N2O6/c1-12(2,3)9(23)13(4)6-20(11(25)19-10(13)24)15(18)14(16,17)8(22)7(5-21)26-15/h7-8,21-22H,5-6H2,1-4H3,(H,19,24,25)/t7-,8-,13?,15+/m1/s1. The van der Waals surface area contributed by atoms with Crippen LogP contribution >= 0.6 is 0 Å². The fourth-order valence-electron chi connectivity index (χ4n) is 3.14. The second-order valence-corrected chi connectivity index (χ2v) is 7.72. The van der Waals surface area contributed by atoms with Crippen LogP contribution < -0.4 is 5.32 Å². The van der Waals surface area contributed by atoms with Gasteiger partial charge in [-0.2, -0.15) is 13.2 Å². The maximum atomic E-state index is 15.1. The summed E-state index contributed by atoms with van der Waals surface area (Å²) in [5.74, 6) is -10.5. The highest BCUT2D eigenvalue weighted by atomic mass is 19.3. The summed E-state index contributed by atoms with van der Waals surface area (Å²) in [6.45, 7) is 3.38. The van der Waals surface area contributed by atoms with Crippen LogP contribution in [0.25, 0.3) is 0 Å². The van der Waals surface area contributed by atoms with Crippen molar-refractivity contribution in [3.05, 3.63) is 0 Å². The van der Waals surface area contributed by atoms with E-state index in [1.54, 1.807) is 5.32 Å². The number of halogens is 3. The third kappa shape index (κ3) is 2.69. The van der Waals surface area contributed by atoms with E-state index in [0.29, 0.717) is 0 Å². The van der Waals surface area contributed by atoms with E-state index >= 15 is 4.39 Å². The second-order valence-electron chi connectivity index (χ2n) is 7.72. The number of ether oxygens (including phenoxy) is 1. The predicted octanol–water partition coefficient (Wildman–Crippen LogP) is 0.170. The van der Waals surface area contributed by atoms with Crippen LogP contribution in [0, 0.1) is 10.8 Å². The molecule has 0 aromatic heterocycles. The number of hydrogen-bond acceptors (Lipinski definition) is 6. The van der Waals surface area contributed by atoms with Crippen LogP contribution in [-0.2, 0) is 14.3 Å². The van der Waals surface area contributed by atoms with E-state index < -0.39 is 65.8 Å². The van der Waals surface area contributed by atoms with Crippen molar-refractivity contribution >= 4 is 17.7 Å². The monoisotopic (exact) mass is 382 g/mol. The Morgan fingerprint density at radius 1 is 1.35 bits per heavy atom. The molecule has 0 bridgehead atoms. The Morgan fingerprint density at radius 3 is 2.31 bits per heavy atom. The molecule has 2 aliphatic rings. The van der Waals surface area contributed by atoms with Crippen molar-refractivity contribution < 1.29 is 42.5 Å². The number of urea groups is 1. The van der Waals surface area contributed by atoms with Gasteiger partial charge in [0.2, 0.25) is 5.91 Å². The van der Waals surface area contributed by atoms with Gasteiger partial charge in [0.05, 0.1) is 6.61 Å². The maximum absolute atomic E-state index is 15.1. The highest BCUT2D eigenvalue weighted by Gasteiger charge is 2.75. The predicted molar refractivity (Wildman–Crippen MR) is 79.6 cm³/mol. The molecule has 0 aromatic rings. The fourth-order valence-corrected chi connectivity index (χ4v) is 3.14. The molecular weight excluding hydrogens is 361 g/mol. The van der Waals surface area contributed by atoms with Gasteiger partial charge in [0, 0.05) is 12.0 Å². The van der Waals surface area contributed by atoms with Crippen molar-refractivity contribution in [2.75, 3.05) is 13.2 Å². The Balaban J connectivity index is 2.48. The molecular formula is C15H21F3N2O6. The quantitative estimate of drug-likeness (QED) is 0.473. The molecule has 26 heavy (non-hydrogen) atoms. The third-order valence-electron chi connectivity index (χ3n) is 4.59. The number of amides is 3. The molecule has 0 aromatic carbocycles. The number of imide groups is 1. The van der Waals surface area contributed by atoms with Crippen molar-refractivity contribution in [3.8, 4) is 0 Å². The minimum absolute atomic E-state index is 0.128. The molecule has 2 aliphatic heterocycles. The summed E-state index contributed by atoms with van der Waals surface area (Å²) >= 11 is 0. The number of aliphatic hydroxyl groups is 2. The number of Topliss-reactive ketones (excluding diaryl/α,β-unsaturated/α-hetero) is 1.